The average Bonchev–Trinajstić information content (AvgIpc) is 3.31. The Hall–Kier alpha value is -2.89. The van der Waals surface area contributed by atoms with Crippen molar-refractivity contribution in [2.24, 2.45) is 5.92 Å². The molecule has 3 aromatic rings. The van der Waals surface area contributed by atoms with Crippen molar-refractivity contribution in [1.29, 1.82) is 0 Å². The molecular formula is C19H18ClFN6O3S. The van der Waals surface area contributed by atoms with Gasteiger partial charge in [0.05, 0.1) is 21.8 Å². The molecule has 1 N–H and O–H groups in total. The molecule has 1 fully saturated rings. The number of carbonyl (C=O) groups is 1. The van der Waals surface area contributed by atoms with Crippen molar-refractivity contribution in [1.82, 2.24) is 24.1 Å². The molecule has 0 saturated carbocycles. The van der Waals surface area contributed by atoms with Gasteiger partial charge in [0.1, 0.15) is 18.5 Å². The van der Waals surface area contributed by atoms with E-state index in [2.05, 4.69) is 20.4 Å². The van der Waals surface area contributed by atoms with E-state index in [0.717, 1.165) is 12.1 Å². The Balaban J connectivity index is 1.36. The second-order valence-electron chi connectivity index (χ2n) is 6.99. The van der Waals surface area contributed by atoms with E-state index < -0.39 is 15.8 Å². The number of rotatable bonds is 5. The number of halogens is 2. The fraction of sp³-hybridized carbons (Fsp3) is 0.263. The Morgan fingerprint density at radius 1 is 1.19 bits per heavy atom. The molecule has 12 heteroatoms. The van der Waals surface area contributed by atoms with Gasteiger partial charge in [-0.1, -0.05) is 11.6 Å². The number of pyridine rings is 1. The molecule has 1 saturated heterocycles. The zero-order chi connectivity index (χ0) is 22.0. The first-order valence-corrected chi connectivity index (χ1v) is 11.2. The molecule has 3 heterocycles. The van der Waals surface area contributed by atoms with E-state index in [1.165, 1.54) is 33.9 Å². The van der Waals surface area contributed by atoms with E-state index in [4.69, 9.17) is 11.6 Å². The average molecular weight is 465 g/mol. The molecule has 9 nitrogen and oxygen atoms in total. The van der Waals surface area contributed by atoms with Crippen LogP contribution >= 0.6 is 11.6 Å². The van der Waals surface area contributed by atoms with Crippen molar-refractivity contribution in [3.63, 3.8) is 0 Å². The fourth-order valence-corrected chi connectivity index (χ4v) is 5.05. The molecule has 0 aliphatic carbocycles. The number of nitrogens with one attached hydrogen (secondary N) is 1. The number of hydrogen-bond donors (Lipinski definition) is 1. The smallest absolute Gasteiger partial charge is 0.243 e. The second-order valence-corrected chi connectivity index (χ2v) is 9.33. The van der Waals surface area contributed by atoms with E-state index in [1.807, 2.05) is 0 Å². The van der Waals surface area contributed by atoms with E-state index in [9.17, 15) is 17.6 Å². The zero-order valence-electron chi connectivity index (χ0n) is 16.1. The van der Waals surface area contributed by atoms with Gasteiger partial charge in [0.2, 0.25) is 15.9 Å². The minimum absolute atomic E-state index is 0.0691. The third-order valence-electron chi connectivity index (χ3n) is 5.02. The van der Waals surface area contributed by atoms with Crippen LogP contribution in [0.4, 0.5) is 10.1 Å². The Kier molecular flexibility index (Phi) is 5.99. The molecule has 0 bridgehead atoms. The number of aromatic nitrogens is 4. The first kappa shape index (κ1) is 21.3. The van der Waals surface area contributed by atoms with Crippen LogP contribution in [0.1, 0.15) is 12.8 Å². The number of carbonyl (C=O) groups excluding carboxylic acids is 1. The summed E-state index contributed by atoms with van der Waals surface area (Å²) in [6, 6.07) is 6.72. The predicted octanol–water partition coefficient (Wildman–Crippen LogP) is 2.49. The highest BCUT2D eigenvalue weighted by Gasteiger charge is 2.32. The first-order chi connectivity index (χ1) is 14.8. The molecule has 31 heavy (non-hydrogen) atoms. The third kappa shape index (κ3) is 4.58. The number of nitrogens with zero attached hydrogens (tertiary/aromatic N) is 5. The number of amides is 1. The van der Waals surface area contributed by atoms with Crippen molar-refractivity contribution in [3.05, 3.63) is 60.0 Å². The normalized spacial score (nSPS) is 15.7. The molecule has 1 aliphatic heterocycles. The summed E-state index contributed by atoms with van der Waals surface area (Å²) in [6.07, 6.45) is 5.17. The predicted molar refractivity (Wildman–Crippen MR) is 111 cm³/mol. The van der Waals surface area contributed by atoms with Gasteiger partial charge in [0, 0.05) is 19.0 Å². The monoisotopic (exact) mass is 464 g/mol. The lowest BCUT2D eigenvalue weighted by molar-refractivity contribution is -0.120. The fourth-order valence-electron chi connectivity index (χ4n) is 3.31. The topological polar surface area (TPSA) is 110 Å². The highest BCUT2D eigenvalue weighted by atomic mass is 35.5. The molecule has 0 unspecified atom stereocenters. The van der Waals surface area contributed by atoms with Gasteiger partial charge in [0.25, 0.3) is 0 Å². The maximum absolute atomic E-state index is 13.3. The van der Waals surface area contributed by atoms with Gasteiger partial charge in [-0.2, -0.15) is 9.40 Å². The summed E-state index contributed by atoms with van der Waals surface area (Å²) < 4.78 is 41.7. The molecule has 1 aliphatic rings. The molecule has 162 valence electrons. The number of piperidine rings is 1. The Morgan fingerprint density at radius 3 is 2.58 bits per heavy atom. The summed E-state index contributed by atoms with van der Waals surface area (Å²) in [5.74, 6) is -0.648. The van der Waals surface area contributed by atoms with Crippen LogP contribution in [0.2, 0.25) is 5.02 Å². The Bertz CT molecular complexity index is 1180. The van der Waals surface area contributed by atoms with Gasteiger partial charge in [-0.3, -0.25) is 4.79 Å². The van der Waals surface area contributed by atoms with Crippen LogP contribution < -0.4 is 5.32 Å². The molecule has 2 aromatic heterocycles. The van der Waals surface area contributed by atoms with Gasteiger partial charge in [0.15, 0.2) is 5.82 Å². The number of hydrogen-bond acceptors (Lipinski definition) is 6. The second kappa shape index (κ2) is 8.69. The van der Waals surface area contributed by atoms with Crippen LogP contribution in [0.15, 0.2) is 54.1 Å². The van der Waals surface area contributed by atoms with Crippen molar-refractivity contribution in [2.45, 2.75) is 17.7 Å². The highest BCUT2D eigenvalue weighted by Crippen LogP contribution is 2.27. The van der Waals surface area contributed by atoms with Crippen LogP contribution in [0.5, 0.6) is 0 Å². The van der Waals surface area contributed by atoms with E-state index in [-0.39, 0.29) is 34.8 Å². The van der Waals surface area contributed by atoms with Gasteiger partial charge >= 0.3 is 0 Å². The minimum atomic E-state index is -3.81. The quantitative estimate of drug-likeness (QED) is 0.621. The van der Waals surface area contributed by atoms with Gasteiger partial charge in [-0.15, -0.1) is 0 Å². The molecule has 0 atom stereocenters. The summed E-state index contributed by atoms with van der Waals surface area (Å²) in [7, 11) is -3.81. The van der Waals surface area contributed by atoms with Crippen LogP contribution in [-0.2, 0) is 14.8 Å². The minimum Gasteiger partial charge on any atom is -0.324 e. The third-order valence-corrected chi connectivity index (χ3v) is 7.21. The Morgan fingerprint density at radius 2 is 1.97 bits per heavy atom. The van der Waals surface area contributed by atoms with Crippen molar-refractivity contribution < 1.29 is 17.6 Å². The lowest BCUT2D eigenvalue weighted by Crippen LogP contribution is -2.41. The van der Waals surface area contributed by atoms with Gasteiger partial charge in [-0.05, 0) is 43.2 Å². The molecule has 1 amide bonds. The van der Waals surface area contributed by atoms with Gasteiger partial charge in [-0.25, -0.2) is 27.5 Å². The molecule has 4 rings (SSSR count). The molecule has 1 aromatic carbocycles. The molecular weight excluding hydrogens is 447 g/mol. The largest absolute Gasteiger partial charge is 0.324 e. The standard InChI is InChI=1S/C19H18ClFN6O3S/c20-16-9-15(2-3-17(16)21)31(29,30)26-7-5-13(6-8-26)19(28)25-14-1-4-18(23-10-14)27-12-22-11-24-27/h1-4,9-13H,5-8H2,(H,25,28). The summed E-state index contributed by atoms with van der Waals surface area (Å²) in [6.45, 7) is 0.359. The maximum Gasteiger partial charge on any atom is 0.243 e. The van der Waals surface area contributed by atoms with Crippen LogP contribution in [0.25, 0.3) is 5.82 Å². The van der Waals surface area contributed by atoms with E-state index >= 15 is 0 Å². The highest BCUT2D eigenvalue weighted by molar-refractivity contribution is 7.89. The lowest BCUT2D eigenvalue weighted by Gasteiger charge is -2.30. The summed E-state index contributed by atoms with van der Waals surface area (Å²) in [5.41, 5.74) is 0.532. The molecule has 0 spiro atoms. The molecule has 0 radical (unpaired) electrons. The van der Waals surface area contributed by atoms with E-state index in [1.54, 1.807) is 12.1 Å². The van der Waals surface area contributed by atoms with Crippen molar-refractivity contribution >= 4 is 33.2 Å². The van der Waals surface area contributed by atoms with Crippen LogP contribution in [0.3, 0.4) is 0 Å². The maximum atomic E-state index is 13.3. The van der Waals surface area contributed by atoms with Crippen LogP contribution in [0, 0.1) is 11.7 Å². The Labute approximate surface area is 182 Å². The SMILES string of the molecule is O=C(Nc1ccc(-n2cncn2)nc1)C1CCN(S(=O)(=O)c2ccc(F)c(Cl)c2)CC1. The van der Waals surface area contributed by atoms with Crippen molar-refractivity contribution in [3.8, 4) is 5.82 Å². The number of sulfonamides is 1. The van der Waals surface area contributed by atoms with Crippen molar-refractivity contribution in [2.75, 3.05) is 18.4 Å². The van der Waals surface area contributed by atoms with E-state index in [0.29, 0.717) is 24.3 Å². The van der Waals surface area contributed by atoms with Crippen LogP contribution in [-0.4, -0.2) is 51.5 Å². The number of benzene rings is 1. The summed E-state index contributed by atoms with van der Waals surface area (Å²) >= 11 is 5.72. The summed E-state index contributed by atoms with van der Waals surface area (Å²) in [4.78, 5) is 20.6. The lowest BCUT2D eigenvalue weighted by atomic mass is 9.97. The number of anilines is 1. The first-order valence-electron chi connectivity index (χ1n) is 9.42. The van der Waals surface area contributed by atoms with Gasteiger partial charge < -0.3 is 5.32 Å². The summed E-state index contributed by atoms with van der Waals surface area (Å²) in [5, 5.41) is 6.54. The zero-order valence-corrected chi connectivity index (χ0v) is 17.7.